The number of aryl methyl sites for hydroxylation is 1. The first kappa shape index (κ1) is 14.0. The number of hydrogen-bond acceptors (Lipinski definition) is 4. The summed E-state index contributed by atoms with van der Waals surface area (Å²) in [5.41, 5.74) is 1.27. The summed E-state index contributed by atoms with van der Waals surface area (Å²) in [4.78, 5) is 27.3. The monoisotopic (exact) mass is 291 g/mol. The zero-order valence-electron chi connectivity index (χ0n) is 10.7. The number of rotatable bonds is 4. The molecule has 0 saturated heterocycles. The number of carboxylic acid groups (broad SMARTS) is 1. The van der Waals surface area contributed by atoms with Crippen LogP contribution in [0.5, 0.6) is 0 Å². The van der Waals surface area contributed by atoms with Gasteiger partial charge in [-0.25, -0.2) is 9.78 Å². The maximum Gasteiger partial charge on any atom is 0.325 e. The lowest BCUT2D eigenvalue weighted by atomic mass is 10.1. The minimum absolute atomic E-state index is 0.0368. The lowest BCUT2D eigenvalue weighted by Crippen LogP contribution is -2.19. The first-order valence-corrected chi connectivity index (χ1v) is 6.66. The Labute approximate surface area is 119 Å². The summed E-state index contributed by atoms with van der Waals surface area (Å²) >= 11 is 1.39. The van der Waals surface area contributed by atoms with E-state index in [1.165, 1.54) is 11.3 Å². The van der Waals surface area contributed by atoms with Gasteiger partial charge in [0.1, 0.15) is 0 Å². The molecule has 3 N–H and O–H groups in total. The Bertz CT molecular complexity index is 622. The van der Waals surface area contributed by atoms with Crippen LogP contribution in [0, 0.1) is 6.92 Å². The molecule has 104 valence electrons. The highest BCUT2D eigenvalue weighted by Crippen LogP contribution is 2.17. The number of urea groups is 1. The summed E-state index contributed by atoms with van der Waals surface area (Å²) in [5, 5.41) is 14.5. The van der Waals surface area contributed by atoms with Crippen LogP contribution in [0.2, 0.25) is 0 Å². The molecule has 20 heavy (non-hydrogen) atoms. The van der Waals surface area contributed by atoms with Crippen molar-refractivity contribution < 1.29 is 14.7 Å². The minimum atomic E-state index is -0.886. The summed E-state index contributed by atoms with van der Waals surface area (Å²) in [5.74, 6) is -0.886. The summed E-state index contributed by atoms with van der Waals surface area (Å²) in [6, 6.07) is 6.26. The highest BCUT2D eigenvalue weighted by atomic mass is 32.1. The first-order chi connectivity index (χ1) is 9.52. The van der Waals surface area contributed by atoms with E-state index in [-0.39, 0.29) is 12.5 Å². The number of aliphatic carboxylic acids is 1. The molecule has 0 aliphatic carbocycles. The van der Waals surface area contributed by atoms with Crippen molar-refractivity contribution in [2.24, 2.45) is 0 Å². The molecule has 2 amide bonds. The van der Waals surface area contributed by atoms with Crippen molar-refractivity contribution in [1.82, 2.24) is 4.98 Å². The van der Waals surface area contributed by atoms with Crippen molar-refractivity contribution in [2.45, 2.75) is 13.3 Å². The van der Waals surface area contributed by atoms with Gasteiger partial charge in [-0.1, -0.05) is 12.1 Å². The number of carbonyl (C=O) groups excluding carboxylic acids is 1. The molecule has 1 heterocycles. The van der Waals surface area contributed by atoms with Crippen LogP contribution in [0.1, 0.15) is 10.4 Å². The maximum atomic E-state index is 11.7. The van der Waals surface area contributed by atoms with Gasteiger partial charge >= 0.3 is 12.0 Å². The van der Waals surface area contributed by atoms with Gasteiger partial charge in [0.05, 0.1) is 6.42 Å². The van der Waals surface area contributed by atoms with Gasteiger partial charge in [0.25, 0.3) is 0 Å². The van der Waals surface area contributed by atoms with Crippen LogP contribution < -0.4 is 10.6 Å². The molecule has 0 fully saturated rings. The lowest BCUT2D eigenvalue weighted by molar-refractivity contribution is -0.136. The van der Waals surface area contributed by atoms with Crippen molar-refractivity contribution in [3.05, 3.63) is 40.9 Å². The number of carbonyl (C=O) groups is 2. The third kappa shape index (κ3) is 4.06. The Hall–Kier alpha value is -2.41. The number of amides is 2. The van der Waals surface area contributed by atoms with Crippen molar-refractivity contribution in [3.63, 3.8) is 0 Å². The third-order valence-electron chi connectivity index (χ3n) is 2.41. The maximum absolute atomic E-state index is 11.7. The molecule has 0 spiro atoms. The van der Waals surface area contributed by atoms with Crippen molar-refractivity contribution in [3.8, 4) is 0 Å². The van der Waals surface area contributed by atoms with Crippen LogP contribution in [0.4, 0.5) is 15.6 Å². The Kier molecular flexibility index (Phi) is 4.31. The van der Waals surface area contributed by atoms with Gasteiger partial charge in [-0.2, -0.15) is 0 Å². The molecule has 2 rings (SSSR count). The molecule has 2 aromatic rings. The van der Waals surface area contributed by atoms with Crippen LogP contribution in [-0.2, 0) is 11.2 Å². The van der Waals surface area contributed by atoms with Crippen LogP contribution in [0.3, 0.4) is 0 Å². The third-order valence-corrected chi connectivity index (χ3v) is 3.24. The minimum Gasteiger partial charge on any atom is -0.481 e. The average molecular weight is 291 g/mol. The zero-order chi connectivity index (χ0) is 14.5. The van der Waals surface area contributed by atoms with E-state index in [4.69, 9.17) is 5.11 Å². The molecular formula is C13H13N3O3S. The van der Waals surface area contributed by atoms with Gasteiger partial charge in [0, 0.05) is 16.8 Å². The molecule has 0 aliphatic heterocycles. The Morgan fingerprint density at radius 1 is 1.25 bits per heavy atom. The van der Waals surface area contributed by atoms with E-state index < -0.39 is 5.97 Å². The highest BCUT2D eigenvalue weighted by Gasteiger charge is 2.06. The second kappa shape index (κ2) is 6.16. The normalized spacial score (nSPS) is 10.1. The number of benzene rings is 1. The largest absolute Gasteiger partial charge is 0.481 e. The van der Waals surface area contributed by atoms with E-state index in [1.54, 1.807) is 30.5 Å². The Balaban J connectivity index is 1.92. The Morgan fingerprint density at radius 2 is 1.95 bits per heavy atom. The topological polar surface area (TPSA) is 91.3 Å². The van der Waals surface area contributed by atoms with Gasteiger partial charge in [-0.05, 0) is 24.6 Å². The number of carboxylic acids is 1. The number of anilines is 2. The Morgan fingerprint density at radius 3 is 2.50 bits per heavy atom. The van der Waals surface area contributed by atoms with Gasteiger partial charge in [-0.15, -0.1) is 11.3 Å². The van der Waals surface area contributed by atoms with E-state index in [2.05, 4.69) is 15.6 Å². The van der Waals surface area contributed by atoms with Gasteiger partial charge in [-0.3, -0.25) is 10.1 Å². The molecule has 7 heteroatoms. The second-order valence-electron chi connectivity index (χ2n) is 4.12. The van der Waals surface area contributed by atoms with Gasteiger partial charge in [0.2, 0.25) is 0 Å². The smallest absolute Gasteiger partial charge is 0.325 e. The van der Waals surface area contributed by atoms with Crippen molar-refractivity contribution in [2.75, 3.05) is 10.6 Å². The predicted molar refractivity (Wildman–Crippen MR) is 77.3 cm³/mol. The van der Waals surface area contributed by atoms with Crippen LogP contribution >= 0.6 is 11.3 Å². The van der Waals surface area contributed by atoms with Crippen LogP contribution in [0.25, 0.3) is 0 Å². The molecule has 0 aliphatic rings. The molecular weight excluding hydrogens is 278 g/mol. The quantitative estimate of drug-likeness (QED) is 0.807. The van der Waals surface area contributed by atoms with Crippen molar-refractivity contribution in [1.29, 1.82) is 0 Å². The molecule has 1 aromatic carbocycles. The number of aromatic nitrogens is 1. The number of thiazole rings is 1. The molecule has 0 saturated carbocycles. The molecule has 6 nitrogen and oxygen atoms in total. The number of nitrogens with zero attached hydrogens (tertiary/aromatic N) is 1. The van der Waals surface area contributed by atoms with Crippen LogP contribution in [-0.4, -0.2) is 22.1 Å². The molecule has 0 radical (unpaired) electrons. The van der Waals surface area contributed by atoms with E-state index in [9.17, 15) is 9.59 Å². The predicted octanol–water partition coefficient (Wildman–Crippen LogP) is 2.72. The van der Waals surface area contributed by atoms with Gasteiger partial charge in [0.15, 0.2) is 5.13 Å². The summed E-state index contributed by atoms with van der Waals surface area (Å²) < 4.78 is 0. The summed E-state index contributed by atoms with van der Waals surface area (Å²) in [6.07, 6.45) is 1.64. The van der Waals surface area contributed by atoms with Gasteiger partial charge < -0.3 is 10.4 Å². The number of hydrogen-bond donors (Lipinski definition) is 3. The average Bonchev–Trinajstić information content (AvgIpc) is 2.76. The van der Waals surface area contributed by atoms with E-state index >= 15 is 0 Å². The van der Waals surface area contributed by atoms with Crippen LogP contribution in [0.15, 0.2) is 30.5 Å². The molecule has 0 bridgehead atoms. The van der Waals surface area contributed by atoms with E-state index in [0.717, 1.165) is 4.88 Å². The fraction of sp³-hybridized carbons (Fsp3) is 0.154. The number of nitrogens with one attached hydrogen (secondary N) is 2. The second-order valence-corrected chi connectivity index (χ2v) is 5.36. The fourth-order valence-corrected chi connectivity index (χ4v) is 2.21. The SMILES string of the molecule is Cc1cnc(NC(=O)Nc2ccc(CC(=O)O)cc2)s1. The standard InChI is InChI=1S/C13H13N3O3S/c1-8-7-14-13(20-8)16-12(19)15-10-4-2-9(3-5-10)6-11(17)18/h2-5,7H,6H2,1H3,(H,17,18)(H2,14,15,16,19). The highest BCUT2D eigenvalue weighted by molar-refractivity contribution is 7.15. The summed E-state index contributed by atoms with van der Waals surface area (Å²) in [6.45, 7) is 1.90. The van der Waals surface area contributed by atoms with Crippen molar-refractivity contribution >= 4 is 34.2 Å². The van der Waals surface area contributed by atoms with E-state index in [1.807, 2.05) is 6.92 Å². The molecule has 1 aromatic heterocycles. The fourth-order valence-electron chi connectivity index (χ4n) is 1.55. The molecule has 0 atom stereocenters. The summed E-state index contributed by atoms with van der Waals surface area (Å²) in [7, 11) is 0. The zero-order valence-corrected chi connectivity index (χ0v) is 11.5. The molecule has 0 unspecified atom stereocenters. The first-order valence-electron chi connectivity index (χ1n) is 5.84. The lowest BCUT2D eigenvalue weighted by Gasteiger charge is -2.06. The van der Waals surface area contributed by atoms with E-state index in [0.29, 0.717) is 16.4 Å².